The Morgan fingerprint density at radius 2 is 2.00 bits per heavy atom. The van der Waals surface area contributed by atoms with Gasteiger partial charge < -0.3 is 14.5 Å². The highest BCUT2D eigenvalue weighted by Crippen LogP contribution is 2.51. The molecule has 0 bridgehead atoms. The van der Waals surface area contributed by atoms with Gasteiger partial charge in [-0.15, -0.1) is 0 Å². The Morgan fingerprint density at radius 1 is 1.27 bits per heavy atom. The average molecular weight is 300 g/mol. The predicted molar refractivity (Wildman–Crippen MR) is 87.8 cm³/mol. The number of pyridine rings is 1. The largest absolute Gasteiger partial charge is 0.481 e. The molecule has 2 fully saturated rings. The first-order chi connectivity index (χ1) is 10.5. The molecule has 0 unspecified atom stereocenters. The standard InChI is InChI=1S/C17H24N4O/c1-12-5-6-14-15(9-18-21(14)16(12)22-4)20-10-17(11-20)7-13(8-17)19(2)3/h5-6,9,13H,7-8,10-11H2,1-4H3. The maximum absolute atomic E-state index is 5.49. The Balaban J connectivity index is 1.55. The third-order valence-corrected chi connectivity index (χ3v) is 5.46. The molecule has 5 nitrogen and oxygen atoms in total. The van der Waals surface area contributed by atoms with Crippen molar-refractivity contribution in [3.8, 4) is 5.88 Å². The zero-order chi connectivity index (χ0) is 15.5. The molecule has 1 saturated heterocycles. The molecule has 118 valence electrons. The maximum Gasteiger partial charge on any atom is 0.217 e. The number of aromatic nitrogens is 2. The van der Waals surface area contributed by atoms with Crippen LogP contribution in [-0.2, 0) is 0 Å². The Bertz CT molecular complexity index is 707. The van der Waals surface area contributed by atoms with Crippen LogP contribution >= 0.6 is 0 Å². The zero-order valence-electron chi connectivity index (χ0n) is 13.8. The smallest absolute Gasteiger partial charge is 0.217 e. The quantitative estimate of drug-likeness (QED) is 0.870. The van der Waals surface area contributed by atoms with Gasteiger partial charge in [0.1, 0.15) is 0 Å². The molecule has 1 spiro atoms. The van der Waals surface area contributed by atoms with Crippen LogP contribution in [0.3, 0.4) is 0 Å². The molecule has 0 atom stereocenters. The van der Waals surface area contributed by atoms with Gasteiger partial charge in [0.25, 0.3) is 0 Å². The van der Waals surface area contributed by atoms with Crippen LogP contribution in [0.4, 0.5) is 5.69 Å². The second-order valence-corrected chi connectivity index (χ2v) is 7.23. The Kier molecular flexibility index (Phi) is 2.92. The molecular weight excluding hydrogens is 276 g/mol. The molecule has 0 radical (unpaired) electrons. The van der Waals surface area contributed by atoms with Crippen molar-refractivity contribution in [3.05, 3.63) is 23.9 Å². The topological polar surface area (TPSA) is 33.0 Å². The fourth-order valence-corrected chi connectivity index (χ4v) is 4.10. The zero-order valence-corrected chi connectivity index (χ0v) is 13.8. The average Bonchev–Trinajstić information content (AvgIpc) is 2.79. The van der Waals surface area contributed by atoms with Crippen LogP contribution in [0.2, 0.25) is 0 Å². The number of rotatable bonds is 3. The lowest BCUT2D eigenvalue weighted by Crippen LogP contribution is -2.66. The molecule has 0 amide bonds. The SMILES string of the molecule is COc1c(C)ccc2c(N3CC4(CC(N(C)C)C4)C3)cnn12. The minimum atomic E-state index is 0.554. The summed E-state index contributed by atoms with van der Waals surface area (Å²) in [5.41, 5.74) is 4.04. The monoisotopic (exact) mass is 300 g/mol. The van der Waals surface area contributed by atoms with E-state index in [0.717, 1.165) is 36.1 Å². The number of aryl methyl sites for hydroxylation is 1. The summed E-state index contributed by atoms with van der Waals surface area (Å²) in [7, 11) is 6.08. The summed E-state index contributed by atoms with van der Waals surface area (Å²) >= 11 is 0. The molecule has 22 heavy (non-hydrogen) atoms. The van der Waals surface area contributed by atoms with Crippen molar-refractivity contribution >= 4 is 11.2 Å². The van der Waals surface area contributed by atoms with Crippen LogP contribution in [0.5, 0.6) is 5.88 Å². The van der Waals surface area contributed by atoms with Crippen molar-refractivity contribution in [1.29, 1.82) is 0 Å². The molecule has 3 heterocycles. The molecule has 1 aliphatic carbocycles. The van der Waals surface area contributed by atoms with Gasteiger partial charge in [0, 0.05) is 30.1 Å². The van der Waals surface area contributed by atoms with Crippen molar-refractivity contribution in [2.45, 2.75) is 25.8 Å². The lowest BCUT2D eigenvalue weighted by Gasteiger charge is -2.61. The summed E-state index contributed by atoms with van der Waals surface area (Å²) in [6.07, 6.45) is 4.64. The number of nitrogens with zero attached hydrogens (tertiary/aromatic N) is 4. The summed E-state index contributed by atoms with van der Waals surface area (Å²) < 4.78 is 7.41. The van der Waals surface area contributed by atoms with Crippen molar-refractivity contribution in [2.75, 3.05) is 39.2 Å². The van der Waals surface area contributed by atoms with E-state index in [1.54, 1.807) is 7.11 Å². The van der Waals surface area contributed by atoms with Crippen molar-refractivity contribution in [1.82, 2.24) is 14.5 Å². The number of fused-ring (bicyclic) bond motifs is 1. The molecule has 2 aromatic heterocycles. The van der Waals surface area contributed by atoms with Gasteiger partial charge in [0.15, 0.2) is 0 Å². The van der Waals surface area contributed by atoms with Gasteiger partial charge in [-0.2, -0.15) is 9.61 Å². The maximum atomic E-state index is 5.49. The molecule has 5 heteroatoms. The van der Waals surface area contributed by atoms with E-state index in [9.17, 15) is 0 Å². The summed E-state index contributed by atoms with van der Waals surface area (Å²) in [4.78, 5) is 4.82. The highest BCUT2D eigenvalue weighted by Gasteiger charge is 2.53. The summed E-state index contributed by atoms with van der Waals surface area (Å²) in [5.74, 6) is 0.829. The van der Waals surface area contributed by atoms with Gasteiger partial charge >= 0.3 is 0 Å². The van der Waals surface area contributed by atoms with E-state index in [0.29, 0.717) is 5.41 Å². The van der Waals surface area contributed by atoms with E-state index in [1.165, 1.54) is 18.5 Å². The molecule has 2 aromatic rings. The first kappa shape index (κ1) is 13.9. The fourth-order valence-electron chi connectivity index (χ4n) is 4.10. The summed E-state index contributed by atoms with van der Waals surface area (Å²) in [6.45, 7) is 4.37. The number of anilines is 1. The Labute approximate surface area is 131 Å². The molecule has 0 N–H and O–H groups in total. The normalized spacial score (nSPS) is 20.5. The van der Waals surface area contributed by atoms with E-state index in [2.05, 4.69) is 41.1 Å². The molecule has 1 saturated carbocycles. The van der Waals surface area contributed by atoms with Crippen LogP contribution in [0, 0.1) is 12.3 Å². The molecule has 1 aliphatic heterocycles. The highest BCUT2D eigenvalue weighted by atomic mass is 16.5. The van der Waals surface area contributed by atoms with Crippen molar-refractivity contribution in [2.24, 2.45) is 5.41 Å². The van der Waals surface area contributed by atoms with Crippen LogP contribution in [-0.4, -0.2) is 54.9 Å². The summed E-state index contributed by atoms with van der Waals surface area (Å²) in [6, 6.07) is 5.03. The molecule has 4 rings (SSSR count). The van der Waals surface area contributed by atoms with Gasteiger partial charge in [-0.3, -0.25) is 0 Å². The lowest BCUT2D eigenvalue weighted by molar-refractivity contribution is 0.00147. The van der Waals surface area contributed by atoms with Crippen LogP contribution in [0.25, 0.3) is 5.52 Å². The predicted octanol–water partition coefficient (Wildman–Crippen LogP) is 2.18. The van der Waals surface area contributed by atoms with E-state index in [1.807, 2.05) is 17.6 Å². The Morgan fingerprint density at radius 3 is 2.64 bits per heavy atom. The molecule has 2 aliphatic rings. The molecule has 0 aromatic carbocycles. The first-order valence-corrected chi connectivity index (χ1v) is 7.96. The van der Waals surface area contributed by atoms with Crippen molar-refractivity contribution in [3.63, 3.8) is 0 Å². The van der Waals surface area contributed by atoms with Gasteiger partial charge in [0.2, 0.25) is 5.88 Å². The number of ether oxygens (including phenoxy) is 1. The second kappa shape index (κ2) is 4.62. The van der Waals surface area contributed by atoms with E-state index in [4.69, 9.17) is 4.74 Å². The van der Waals surface area contributed by atoms with E-state index in [-0.39, 0.29) is 0 Å². The van der Waals surface area contributed by atoms with Crippen LogP contribution in [0.1, 0.15) is 18.4 Å². The number of hydrogen-bond donors (Lipinski definition) is 0. The minimum absolute atomic E-state index is 0.554. The fraction of sp³-hybridized carbons (Fsp3) is 0.588. The number of hydrogen-bond acceptors (Lipinski definition) is 4. The van der Waals surface area contributed by atoms with Crippen LogP contribution in [0.15, 0.2) is 18.3 Å². The third-order valence-electron chi connectivity index (χ3n) is 5.46. The third kappa shape index (κ3) is 1.85. The Hall–Kier alpha value is -1.75. The van der Waals surface area contributed by atoms with Gasteiger partial charge in [-0.1, -0.05) is 6.07 Å². The van der Waals surface area contributed by atoms with E-state index >= 15 is 0 Å². The van der Waals surface area contributed by atoms with Gasteiger partial charge in [0.05, 0.1) is 24.5 Å². The first-order valence-electron chi connectivity index (χ1n) is 7.96. The van der Waals surface area contributed by atoms with Gasteiger partial charge in [-0.25, -0.2) is 0 Å². The summed E-state index contributed by atoms with van der Waals surface area (Å²) in [5, 5.41) is 4.53. The second-order valence-electron chi connectivity index (χ2n) is 7.23. The number of methoxy groups -OCH3 is 1. The minimum Gasteiger partial charge on any atom is -0.481 e. The molecular formula is C17H24N4O. The van der Waals surface area contributed by atoms with Gasteiger partial charge in [-0.05, 0) is 39.9 Å². The highest BCUT2D eigenvalue weighted by molar-refractivity contribution is 5.75. The van der Waals surface area contributed by atoms with E-state index < -0.39 is 0 Å². The van der Waals surface area contributed by atoms with Crippen LogP contribution < -0.4 is 9.64 Å². The van der Waals surface area contributed by atoms with Crippen molar-refractivity contribution < 1.29 is 4.74 Å². The lowest BCUT2D eigenvalue weighted by atomic mass is 9.60.